The number of methoxy groups -OCH3 is 3. The minimum atomic E-state index is -0.905. The average molecular weight is 652 g/mol. The molecule has 0 aliphatic carbocycles. The quantitative estimate of drug-likeness (QED) is 0.0792. The van der Waals surface area contributed by atoms with Gasteiger partial charge >= 0.3 is 5.97 Å². The number of rotatable bonds is 14. The largest absolute Gasteiger partial charge is 0.493 e. The number of hydrogen-bond donors (Lipinski definition) is 0. The molecule has 0 aromatic heterocycles. The highest BCUT2D eigenvalue weighted by atomic mass is 16.5. The van der Waals surface area contributed by atoms with E-state index in [0.29, 0.717) is 36.5 Å². The van der Waals surface area contributed by atoms with Crippen molar-refractivity contribution in [1.29, 1.82) is 0 Å². The summed E-state index contributed by atoms with van der Waals surface area (Å²) >= 11 is 0. The van der Waals surface area contributed by atoms with Crippen LogP contribution in [0.4, 0.5) is 0 Å². The first-order valence-corrected chi connectivity index (χ1v) is 16.1. The van der Waals surface area contributed by atoms with Crippen molar-refractivity contribution in [2.45, 2.75) is 50.7 Å². The van der Waals surface area contributed by atoms with E-state index in [0.717, 1.165) is 24.8 Å². The number of esters is 1. The van der Waals surface area contributed by atoms with Gasteiger partial charge in [0, 0.05) is 12.1 Å². The lowest BCUT2D eigenvalue weighted by Gasteiger charge is -2.34. The minimum absolute atomic E-state index is 0.0706. The Morgan fingerprint density at radius 3 is 2.10 bits per heavy atom. The Labute approximate surface area is 281 Å². The standard InChI is InChI=1S/C39H41NO8/c1-44-34-25-29(26-35(45-2)37(34)46-3)36(41)38(42)40-23-11-10-21-32(40)39(43)48-33(22-12-16-27-14-6-4-7-15-27)28-17-13-20-31(24-28)47-30-18-8-5-9-19-30/h4-9,13-15,17-20,24-26,32-33H,10-12,16,21-23H2,1-3H3. The van der Waals surface area contributed by atoms with Gasteiger partial charge in [0.25, 0.3) is 11.7 Å². The van der Waals surface area contributed by atoms with Crippen molar-refractivity contribution in [2.24, 2.45) is 0 Å². The van der Waals surface area contributed by atoms with Gasteiger partial charge in [-0.15, -0.1) is 0 Å². The van der Waals surface area contributed by atoms with E-state index in [1.54, 1.807) is 0 Å². The Bertz CT molecular complexity index is 1670. The third-order valence-corrected chi connectivity index (χ3v) is 8.40. The number of hydrogen-bond acceptors (Lipinski definition) is 8. The molecule has 1 aliphatic rings. The van der Waals surface area contributed by atoms with Gasteiger partial charge in [0.2, 0.25) is 5.75 Å². The number of carbonyl (C=O) groups excluding carboxylic acids is 3. The number of nitrogens with zero attached hydrogens (tertiary/aromatic N) is 1. The van der Waals surface area contributed by atoms with E-state index < -0.39 is 29.8 Å². The van der Waals surface area contributed by atoms with Gasteiger partial charge < -0.3 is 28.6 Å². The Kier molecular flexibility index (Phi) is 11.7. The van der Waals surface area contributed by atoms with Crippen LogP contribution in [-0.2, 0) is 20.7 Å². The second-order valence-corrected chi connectivity index (χ2v) is 11.5. The fourth-order valence-corrected chi connectivity index (χ4v) is 5.94. The molecule has 9 heteroatoms. The van der Waals surface area contributed by atoms with Crippen LogP contribution in [0.1, 0.15) is 59.7 Å². The molecule has 0 N–H and O–H groups in total. The normalized spacial score (nSPS) is 14.8. The highest BCUT2D eigenvalue weighted by molar-refractivity contribution is 6.43. The maximum atomic E-state index is 13.9. The Hall–Kier alpha value is -5.31. The first-order chi connectivity index (χ1) is 23.4. The molecule has 250 valence electrons. The molecule has 4 aromatic rings. The lowest BCUT2D eigenvalue weighted by molar-refractivity contribution is -0.161. The molecule has 0 spiro atoms. The molecule has 2 atom stereocenters. The van der Waals surface area contributed by atoms with Gasteiger partial charge in [-0.3, -0.25) is 9.59 Å². The summed E-state index contributed by atoms with van der Waals surface area (Å²) in [5, 5.41) is 0. The number of piperidine rings is 1. The van der Waals surface area contributed by atoms with Crippen LogP contribution >= 0.6 is 0 Å². The molecule has 9 nitrogen and oxygen atoms in total. The molecule has 48 heavy (non-hydrogen) atoms. The van der Waals surface area contributed by atoms with Crippen molar-refractivity contribution in [1.82, 2.24) is 4.90 Å². The van der Waals surface area contributed by atoms with Crippen molar-refractivity contribution in [3.63, 3.8) is 0 Å². The number of carbonyl (C=O) groups is 3. The van der Waals surface area contributed by atoms with E-state index in [1.807, 2.05) is 72.8 Å². The summed E-state index contributed by atoms with van der Waals surface area (Å²) in [7, 11) is 4.33. The Morgan fingerprint density at radius 2 is 1.44 bits per heavy atom. The molecule has 1 fully saturated rings. The van der Waals surface area contributed by atoms with Gasteiger partial charge in [-0.25, -0.2) is 4.79 Å². The lowest BCUT2D eigenvalue weighted by atomic mass is 9.98. The number of ether oxygens (including phenoxy) is 5. The molecular weight excluding hydrogens is 610 g/mol. The summed E-state index contributed by atoms with van der Waals surface area (Å²) in [5.41, 5.74) is 2.05. The zero-order valence-electron chi connectivity index (χ0n) is 27.6. The number of ketones is 1. The van der Waals surface area contributed by atoms with Crippen LogP contribution in [0.5, 0.6) is 28.7 Å². The van der Waals surface area contributed by atoms with E-state index in [1.165, 1.54) is 43.9 Å². The van der Waals surface area contributed by atoms with Crippen molar-refractivity contribution in [2.75, 3.05) is 27.9 Å². The monoisotopic (exact) mass is 651 g/mol. The molecule has 0 saturated carbocycles. The summed E-state index contributed by atoms with van der Waals surface area (Å²) in [6.45, 7) is 0.258. The summed E-state index contributed by atoms with van der Waals surface area (Å²) in [5.74, 6) is 0.0104. The molecule has 5 rings (SSSR count). The second-order valence-electron chi connectivity index (χ2n) is 11.5. The number of Topliss-reactive ketones (excluding diaryl/α,β-unsaturated/α-hetero) is 1. The Balaban J connectivity index is 1.36. The number of likely N-dealkylation sites (tertiary alicyclic amines) is 1. The van der Waals surface area contributed by atoms with Crippen LogP contribution in [0, 0.1) is 0 Å². The molecule has 1 amide bonds. The fourth-order valence-electron chi connectivity index (χ4n) is 5.94. The maximum absolute atomic E-state index is 13.9. The van der Waals surface area contributed by atoms with Crippen LogP contribution in [0.15, 0.2) is 97.1 Å². The maximum Gasteiger partial charge on any atom is 0.329 e. The SMILES string of the molecule is COc1cc(C(=O)C(=O)N2CCCCC2C(=O)OC(CCCc2ccccc2)c2cccc(Oc3ccccc3)c2)cc(OC)c1OC. The molecule has 1 aliphatic heterocycles. The molecule has 0 bridgehead atoms. The summed E-state index contributed by atoms with van der Waals surface area (Å²) in [6.07, 6.45) is 3.32. The first-order valence-electron chi connectivity index (χ1n) is 16.1. The summed E-state index contributed by atoms with van der Waals surface area (Å²) in [4.78, 5) is 42.5. The van der Waals surface area contributed by atoms with Gasteiger partial charge in [0.15, 0.2) is 11.5 Å². The van der Waals surface area contributed by atoms with Crippen LogP contribution in [-0.4, -0.2) is 56.5 Å². The average Bonchev–Trinajstić information content (AvgIpc) is 3.14. The molecule has 1 saturated heterocycles. The second kappa shape index (κ2) is 16.5. The predicted octanol–water partition coefficient (Wildman–Crippen LogP) is 7.38. The number of amides is 1. The highest BCUT2D eigenvalue weighted by Crippen LogP contribution is 2.39. The van der Waals surface area contributed by atoms with Crippen LogP contribution < -0.4 is 18.9 Å². The smallest absolute Gasteiger partial charge is 0.329 e. The summed E-state index contributed by atoms with van der Waals surface area (Å²) in [6, 6.07) is 29.1. The zero-order chi connectivity index (χ0) is 33.9. The molecular formula is C39H41NO8. The number of para-hydroxylation sites is 1. The highest BCUT2D eigenvalue weighted by Gasteiger charge is 2.38. The topological polar surface area (TPSA) is 101 Å². The van der Waals surface area contributed by atoms with E-state index >= 15 is 0 Å². The van der Waals surface area contributed by atoms with E-state index in [9.17, 15) is 14.4 Å². The van der Waals surface area contributed by atoms with Crippen LogP contribution in [0.25, 0.3) is 0 Å². The third kappa shape index (κ3) is 8.34. The lowest BCUT2D eigenvalue weighted by Crippen LogP contribution is -2.51. The van der Waals surface area contributed by atoms with Gasteiger partial charge in [0.05, 0.1) is 21.3 Å². The van der Waals surface area contributed by atoms with Gasteiger partial charge in [-0.1, -0.05) is 60.7 Å². The summed E-state index contributed by atoms with van der Waals surface area (Å²) < 4.78 is 28.4. The van der Waals surface area contributed by atoms with Gasteiger partial charge in [0.1, 0.15) is 23.6 Å². The predicted molar refractivity (Wildman–Crippen MR) is 181 cm³/mol. The zero-order valence-corrected chi connectivity index (χ0v) is 27.6. The minimum Gasteiger partial charge on any atom is -0.493 e. The van der Waals surface area contributed by atoms with E-state index in [4.69, 9.17) is 23.7 Å². The van der Waals surface area contributed by atoms with E-state index in [2.05, 4.69) is 12.1 Å². The number of aryl methyl sites for hydroxylation is 1. The van der Waals surface area contributed by atoms with Crippen molar-refractivity contribution in [3.8, 4) is 28.7 Å². The van der Waals surface area contributed by atoms with Crippen LogP contribution in [0.3, 0.4) is 0 Å². The molecule has 0 radical (unpaired) electrons. The molecule has 4 aromatic carbocycles. The van der Waals surface area contributed by atoms with Crippen molar-refractivity contribution >= 4 is 17.7 Å². The molecule has 1 heterocycles. The fraction of sp³-hybridized carbons (Fsp3) is 0.308. The van der Waals surface area contributed by atoms with Crippen molar-refractivity contribution < 1.29 is 38.1 Å². The Morgan fingerprint density at radius 1 is 0.771 bits per heavy atom. The van der Waals surface area contributed by atoms with Crippen LogP contribution in [0.2, 0.25) is 0 Å². The first kappa shape index (κ1) is 34.0. The van der Waals surface area contributed by atoms with E-state index in [-0.39, 0.29) is 23.6 Å². The third-order valence-electron chi connectivity index (χ3n) is 8.40. The van der Waals surface area contributed by atoms with Gasteiger partial charge in [-0.05, 0) is 86.1 Å². The molecule has 2 unspecified atom stereocenters. The van der Waals surface area contributed by atoms with Crippen molar-refractivity contribution in [3.05, 3.63) is 114 Å². The van der Waals surface area contributed by atoms with Gasteiger partial charge in [-0.2, -0.15) is 0 Å². The number of benzene rings is 4.